The molecule has 1 aromatic rings. The summed E-state index contributed by atoms with van der Waals surface area (Å²) in [6, 6.07) is 1.37. The molecule has 0 bridgehead atoms. The van der Waals surface area contributed by atoms with Crippen LogP contribution < -0.4 is 4.90 Å². The van der Waals surface area contributed by atoms with Gasteiger partial charge in [0.05, 0.1) is 23.2 Å². The van der Waals surface area contributed by atoms with Crippen LogP contribution in [0.5, 0.6) is 0 Å². The fourth-order valence-corrected chi connectivity index (χ4v) is 3.36. The van der Waals surface area contributed by atoms with Gasteiger partial charge in [0.25, 0.3) is 5.69 Å². The van der Waals surface area contributed by atoms with Crippen LogP contribution in [0, 0.1) is 16.0 Å². The van der Waals surface area contributed by atoms with Gasteiger partial charge in [-0.25, -0.2) is 4.98 Å². The van der Waals surface area contributed by atoms with Crippen LogP contribution in [-0.2, 0) is 4.74 Å². The highest BCUT2D eigenvalue weighted by Gasteiger charge is 2.27. The number of halogens is 1. The third-order valence-electron chi connectivity index (χ3n) is 4.22. The molecule has 22 heavy (non-hydrogen) atoms. The van der Waals surface area contributed by atoms with Crippen LogP contribution in [0.25, 0.3) is 0 Å². The second-order valence-corrected chi connectivity index (χ2v) is 6.18. The van der Waals surface area contributed by atoms with Crippen molar-refractivity contribution in [3.8, 4) is 0 Å². The summed E-state index contributed by atoms with van der Waals surface area (Å²) in [6.07, 6.45) is 2.36. The monoisotopic (exact) mass is 326 g/mol. The lowest BCUT2D eigenvalue weighted by Gasteiger charge is -2.29. The van der Waals surface area contributed by atoms with Crippen LogP contribution >= 0.6 is 11.6 Å². The van der Waals surface area contributed by atoms with E-state index in [0.717, 1.165) is 52.4 Å². The number of aromatic nitrogens is 1. The molecular formula is C14H19ClN4O3. The summed E-state index contributed by atoms with van der Waals surface area (Å²) in [4.78, 5) is 19.0. The van der Waals surface area contributed by atoms with Gasteiger partial charge in [0.15, 0.2) is 0 Å². The summed E-state index contributed by atoms with van der Waals surface area (Å²) in [5, 5.41) is 11.1. The summed E-state index contributed by atoms with van der Waals surface area (Å²) >= 11 is 6.16. The van der Waals surface area contributed by atoms with Gasteiger partial charge in [-0.2, -0.15) is 0 Å². The van der Waals surface area contributed by atoms with Gasteiger partial charge < -0.3 is 9.64 Å². The fraction of sp³-hybridized carbons (Fsp3) is 0.643. The quantitative estimate of drug-likeness (QED) is 0.620. The molecule has 0 aromatic carbocycles. The number of hydrogen-bond acceptors (Lipinski definition) is 6. The lowest BCUT2D eigenvalue weighted by molar-refractivity contribution is -0.385. The Morgan fingerprint density at radius 3 is 2.86 bits per heavy atom. The Morgan fingerprint density at radius 1 is 1.41 bits per heavy atom. The minimum atomic E-state index is -0.478. The van der Waals surface area contributed by atoms with Gasteiger partial charge in [0, 0.05) is 38.8 Å². The average Bonchev–Trinajstić information content (AvgIpc) is 2.96. The Balaban J connectivity index is 1.61. The fourth-order valence-electron chi connectivity index (χ4n) is 3.08. The number of nitro groups is 1. The maximum Gasteiger partial charge on any atom is 0.289 e. The molecule has 7 nitrogen and oxygen atoms in total. The Kier molecular flexibility index (Phi) is 4.75. The molecule has 0 N–H and O–H groups in total. The third-order valence-corrected chi connectivity index (χ3v) is 4.50. The molecule has 1 atom stereocenters. The Hall–Kier alpha value is -1.44. The van der Waals surface area contributed by atoms with Gasteiger partial charge in [-0.15, -0.1) is 0 Å². The molecule has 3 rings (SSSR count). The largest absolute Gasteiger partial charge is 0.379 e. The molecule has 8 heteroatoms. The summed E-state index contributed by atoms with van der Waals surface area (Å²) in [7, 11) is 0. The van der Waals surface area contributed by atoms with Crippen molar-refractivity contribution in [3.63, 3.8) is 0 Å². The van der Waals surface area contributed by atoms with Crippen molar-refractivity contribution in [1.82, 2.24) is 9.88 Å². The van der Waals surface area contributed by atoms with Crippen molar-refractivity contribution in [2.75, 3.05) is 50.8 Å². The van der Waals surface area contributed by atoms with Crippen molar-refractivity contribution < 1.29 is 9.66 Å². The topological polar surface area (TPSA) is 71.7 Å². The van der Waals surface area contributed by atoms with Gasteiger partial charge in [-0.1, -0.05) is 11.6 Å². The molecule has 2 saturated heterocycles. The SMILES string of the molecule is O=[N+]([O-])c1cnc(N2CC[C@H](CN3CCOCC3)C2)c(Cl)c1. The zero-order valence-electron chi connectivity index (χ0n) is 12.3. The molecule has 0 saturated carbocycles. The average molecular weight is 327 g/mol. The number of morpholine rings is 1. The van der Waals surface area contributed by atoms with Crippen molar-refractivity contribution in [2.24, 2.45) is 5.92 Å². The highest BCUT2D eigenvalue weighted by molar-refractivity contribution is 6.33. The summed E-state index contributed by atoms with van der Waals surface area (Å²) < 4.78 is 5.37. The summed E-state index contributed by atoms with van der Waals surface area (Å²) in [5.41, 5.74) is -0.0715. The van der Waals surface area contributed by atoms with Gasteiger partial charge in [-0.05, 0) is 12.3 Å². The van der Waals surface area contributed by atoms with Crippen molar-refractivity contribution in [2.45, 2.75) is 6.42 Å². The first kappa shape index (κ1) is 15.5. The van der Waals surface area contributed by atoms with Gasteiger partial charge in [0.1, 0.15) is 12.0 Å². The predicted octanol–water partition coefficient (Wildman–Crippen LogP) is 1.80. The molecule has 0 unspecified atom stereocenters. The van der Waals surface area contributed by atoms with Crippen molar-refractivity contribution in [1.29, 1.82) is 0 Å². The number of pyridine rings is 1. The maximum absolute atomic E-state index is 10.7. The predicted molar refractivity (Wildman–Crippen MR) is 83.5 cm³/mol. The summed E-state index contributed by atoms with van der Waals surface area (Å²) in [5.74, 6) is 1.22. The van der Waals surface area contributed by atoms with E-state index < -0.39 is 4.92 Å². The van der Waals surface area contributed by atoms with Crippen molar-refractivity contribution >= 4 is 23.1 Å². The van der Waals surface area contributed by atoms with Crippen LogP contribution in [0.15, 0.2) is 12.3 Å². The van der Waals surface area contributed by atoms with Crippen LogP contribution in [0.4, 0.5) is 11.5 Å². The van der Waals surface area contributed by atoms with Gasteiger partial charge in [0.2, 0.25) is 0 Å². The first-order chi connectivity index (χ1) is 10.6. The molecule has 0 radical (unpaired) electrons. The zero-order chi connectivity index (χ0) is 15.5. The van der Waals surface area contributed by atoms with Crippen LogP contribution in [-0.4, -0.2) is 60.7 Å². The Morgan fingerprint density at radius 2 is 2.18 bits per heavy atom. The van der Waals surface area contributed by atoms with E-state index >= 15 is 0 Å². The van der Waals surface area contributed by atoms with E-state index in [0.29, 0.717) is 16.8 Å². The Labute approximate surface area is 134 Å². The molecule has 2 aliphatic heterocycles. The first-order valence-electron chi connectivity index (χ1n) is 7.48. The van der Waals surface area contributed by atoms with Crippen LogP contribution in [0.1, 0.15) is 6.42 Å². The van der Waals surface area contributed by atoms with Crippen molar-refractivity contribution in [3.05, 3.63) is 27.4 Å². The molecule has 0 aliphatic carbocycles. The van der Waals surface area contributed by atoms with Gasteiger partial charge in [-0.3, -0.25) is 15.0 Å². The molecule has 120 valence electrons. The highest BCUT2D eigenvalue weighted by Crippen LogP contribution is 2.31. The second-order valence-electron chi connectivity index (χ2n) is 5.77. The zero-order valence-corrected chi connectivity index (χ0v) is 13.0. The molecule has 0 spiro atoms. The molecule has 0 amide bonds. The van der Waals surface area contributed by atoms with E-state index in [4.69, 9.17) is 16.3 Å². The first-order valence-corrected chi connectivity index (χ1v) is 7.86. The number of nitrogens with zero attached hydrogens (tertiary/aromatic N) is 4. The van der Waals surface area contributed by atoms with Crippen LogP contribution in [0.2, 0.25) is 5.02 Å². The van der Waals surface area contributed by atoms with Gasteiger partial charge >= 0.3 is 0 Å². The molecule has 1 aromatic heterocycles. The van der Waals surface area contributed by atoms with E-state index in [1.807, 2.05) is 0 Å². The molecule has 2 fully saturated rings. The number of rotatable bonds is 4. The third kappa shape index (κ3) is 3.48. The lowest BCUT2D eigenvalue weighted by atomic mass is 10.1. The van der Waals surface area contributed by atoms with Crippen LogP contribution in [0.3, 0.4) is 0 Å². The number of anilines is 1. The second kappa shape index (κ2) is 6.76. The van der Waals surface area contributed by atoms with E-state index in [1.54, 1.807) is 0 Å². The maximum atomic E-state index is 10.7. The lowest BCUT2D eigenvalue weighted by Crippen LogP contribution is -2.39. The van der Waals surface area contributed by atoms with E-state index in [9.17, 15) is 10.1 Å². The molecule has 3 heterocycles. The normalized spacial score (nSPS) is 23.0. The highest BCUT2D eigenvalue weighted by atomic mass is 35.5. The minimum Gasteiger partial charge on any atom is -0.379 e. The van der Waals surface area contributed by atoms with E-state index in [-0.39, 0.29) is 5.69 Å². The smallest absolute Gasteiger partial charge is 0.289 e. The number of ether oxygens (including phenoxy) is 1. The summed E-state index contributed by atoms with van der Waals surface area (Å²) in [6.45, 7) is 6.45. The number of hydrogen-bond donors (Lipinski definition) is 0. The van der Waals surface area contributed by atoms with E-state index in [1.165, 1.54) is 12.3 Å². The minimum absolute atomic E-state index is 0.0715. The van der Waals surface area contributed by atoms with E-state index in [2.05, 4.69) is 14.8 Å². The molecular weight excluding hydrogens is 308 g/mol. The standard InChI is InChI=1S/C14H19ClN4O3/c15-13-7-12(19(20)21)8-16-14(13)18-2-1-11(10-18)9-17-3-5-22-6-4-17/h7-8,11H,1-6,9-10H2/t11-/m1/s1. The molecule has 2 aliphatic rings. The Bertz CT molecular complexity index is 551.